The van der Waals surface area contributed by atoms with Crippen molar-refractivity contribution in [3.63, 3.8) is 0 Å². The minimum atomic E-state index is -0.841. The molecule has 0 heterocycles. The van der Waals surface area contributed by atoms with E-state index >= 15 is 0 Å². The van der Waals surface area contributed by atoms with Crippen LogP contribution in [-0.2, 0) is 14.3 Å². The SMILES string of the molecule is CCCCC/C=C\CCCCCCCC(=O)OCCCCCCCCCCCCCCCCCCCCCCCCCCCCCCCC(=O)NC(CO)C(O)/C=C/CCCCCCCCCCCCCCCC. The largest absolute Gasteiger partial charge is 0.466 e. The molecule has 0 saturated carbocycles. The van der Waals surface area contributed by atoms with Crippen molar-refractivity contribution in [3.05, 3.63) is 24.3 Å². The molecule has 0 aromatic rings. The summed E-state index contributed by atoms with van der Waals surface area (Å²) in [5, 5.41) is 23.2. The van der Waals surface area contributed by atoms with Crippen molar-refractivity contribution in [2.24, 2.45) is 0 Å². The third-order valence-corrected chi connectivity index (χ3v) is 15.7. The summed E-state index contributed by atoms with van der Waals surface area (Å²) >= 11 is 0. The molecule has 0 bridgehead atoms. The zero-order valence-electron chi connectivity index (χ0n) is 50.1. The predicted molar refractivity (Wildman–Crippen MR) is 324 cm³/mol. The number of nitrogens with one attached hydrogen (secondary N) is 1. The maximum Gasteiger partial charge on any atom is 0.305 e. The lowest BCUT2D eigenvalue weighted by Gasteiger charge is -2.20. The average Bonchev–Trinajstić information content (AvgIpc) is 3.40. The molecule has 74 heavy (non-hydrogen) atoms. The summed E-state index contributed by atoms with van der Waals surface area (Å²) in [6, 6.07) is -0.625. The maximum atomic E-state index is 12.5. The Balaban J connectivity index is 3.36. The van der Waals surface area contributed by atoms with Crippen LogP contribution in [0.5, 0.6) is 0 Å². The highest BCUT2D eigenvalue weighted by Crippen LogP contribution is 2.18. The number of ether oxygens (including phenoxy) is 1. The van der Waals surface area contributed by atoms with E-state index < -0.39 is 12.1 Å². The molecule has 0 aliphatic rings. The predicted octanol–water partition coefficient (Wildman–Crippen LogP) is 21.4. The molecular formula is C68H131NO5. The second-order valence-electron chi connectivity index (χ2n) is 23.2. The van der Waals surface area contributed by atoms with Crippen molar-refractivity contribution in [2.75, 3.05) is 13.2 Å². The highest BCUT2D eigenvalue weighted by atomic mass is 16.5. The van der Waals surface area contributed by atoms with Gasteiger partial charge < -0.3 is 20.3 Å². The van der Waals surface area contributed by atoms with Crippen LogP contribution in [0.3, 0.4) is 0 Å². The van der Waals surface area contributed by atoms with Gasteiger partial charge >= 0.3 is 5.97 Å². The molecule has 0 aliphatic heterocycles. The molecule has 6 heteroatoms. The molecule has 6 nitrogen and oxygen atoms in total. The van der Waals surface area contributed by atoms with Crippen LogP contribution in [-0.4, -0.2) is 47.4 Å². The van der Waals surface area contributed by atoms with Crippen LogP contribution in [0.25, 0.3) is 0 Å². The van der Waals surface area contributed by atoms with E-state index in [1.54, 1.807) is 6.08 Å². The molecule has 438 valence electrons. The van der Waals surface area contributed by atoms with Crippen molar-refractivity contribution < 1.29 is 24.5 Å². The molecule has 0 aromatic heterocycles. The van der Waals surface area contributed by atoms with Crippen LogP contribution in [0, 0.1) is 0 Å². The first-order chi connectivity index (χ1) is 36.5. The lowest BCUT2D eigenvalue weighted by Crippen LogP contribution is -2.45. The van der Waals surface area contributed by atoms with Gasteiger partial charge in [-0.15, -0.1) is 0 Å². The van der Waals surface area contributed by atoms with Gasteiger partial charge in [-0.3, -0.25) is 9.59 Å². The van der Waals surface area contributed by atoms with Gasteiger partial charge in [-0.25, -0.2) is 0 Å². The Kier molecular flexibility index (Phi) is 62.4. The molecule has 0 saturated heterocycles. The molecule has 0 fully saturated rings. The van der Waals surface area contributed by atoms with Crippen LogP contribution >= 0.6 is 0 Å². The fourth-order valence-electron chi connectivity index (χ4n) is 10.6. The Hall–Kier alpha value is -1.66. The van der Waals surface area contributed by atoms with E-state index in [0.29, 0.717) is 19.4 Å². The molecule has 1 amide bonds. The van der Waals surface area contributed by atoms with Gasteiger partial charge in [0.05, 0.1) is 25.4 Å². The van der Waals surface area contributed by atoms with Crippen molar-refractivity contribution in [1.29, 1.82) is 0 Å². The van der Waals surface area contributed by atoms with Crippen molar-refractivity contribution in [1.82, 2.24) is 5.32 Å². The van der Waals surface area contributed by atoms with Gasteiger partial charge in [0.25, 0.3) is 0 Å². The Labute approximate surface area is 462 Å². The van der Waals surface area contributed by atoms with Gasteiger partial charge in [0.1, 0.15) is 0 Å². The summed E-state index contributed by atoms with van der Waals surface area (Å²) in [4.78, 5) is 24.5. The number of amides is 1. The van der Waals surface area contributed by atoms with Crippen molar-refractivity contribution in [2.45, 2.75) is 386 Å². The molecule has 0 rings (SSSR count). The first-order valence-electron chi connectivity index (χ1n) is 33.6. The number of unbranched alkanes of at least 4 members (excludes halogenated alkanes) is 50. The number of hydrogen-bond acceptors (Lipinski definition) is 5. The number of carbonyl (C=O) groups is 2. The summed E-state index contributed by atoms with van der Waals surface area (Å²) in [6.45, 7) is 4.91. The summed E-state index contributed by atoms with van der Waals surface area (Å²) in [5.41, 5.74) is 0. The standard InChI is InChI=1S/C68H131NO5/c1-3-5-7-9-11-13-15-17-18-34-37-40-44-48-52-56-60-66(71)65(64-70)69-67(72)61-57-53-49-45-41-38-35-32-30-28-26-24-22-20-19-21-23-25-27-29-31-33-36-39-43-47-51-55-59-63-74-68(73)62-58-54-50-46-42-16-14-12-10-8-6-4-2/h12,14,56,60,65-66,70-71H,3-11,13,15-55,57-59,61-64H2,1-2H3,(H,69,72)/b14-12-,60-56+. The molecular weight excluding hydrogens is 911 g/mol. The second-order valence-corrected chi connectivity index (χ2v) is 23.2. The Bertz CT molecular complexity index is 1150. The minimum absolute atomic E-state index is 0.00938. The van der Waals surface area contributed by atoms with E-state index in [9.17, 15) is 19.8 Å². The number of carbonyl (C=O) groups excluding carboxylic acids is 2. The first-order valence-corrected chi connectivity index (χ1v) is 33.6. The van der Waals surface area contributed by atoms with Gasteiger partial charge in [-0.05, 0) is 57.8 Å². The van der Waals surface area contributed by atoms with Gasteiger partial charge in [-0.2, -0.15) is 0 Å². The number of aliphatic hydroxyl groups excluding tert-OH is 2. The van der Waals surface area contributed by atoms with Crippen LogP contribution < -0.4 is 5.32 Å². The summed E-state index contributed by atoms with van der Waals surface area (Å²) in [7, 11) is 0. The molecule has 0 aromatic carbocycles. The van der Waals surface area contributed by atoms with E-state index in [1.807, 2.05) is 6.08 Å². The highest BCUT2D eigenvalue weighted by molar-refractivity contribution is 5.76. The topological polar surface area (TPSA) is 95.9 Å². The molecule has 0 aliphatic carbocycles. The minimum Gasteiger partial charge on any atom is -0.466 e. The lowest BCUT2D eigenvalue weighted by atomic mass is 10.0. The number of aliphatic hydroxyl groups is 2. The zero-order chi connectivity index (χ0) is 53.6. The third-order valence-electron chi connectivity index (χ3n) is 15.7. The smallest absolute Gasteiger partial charge is 0.305 e. The average molecular weight is 1040 g/mol. The van der Waals surface area contributed by atoms with E-state index in [-0.39, 0.29) is 18.5 Å². The fourth-order valence-corrected chi connectivity index (χ4v) is 10.6. The Morgan fingerprint density at radius 1 is 0.365 bits per heavy atom. The van der Waals surface area contributed by atoms with Gasteiger partial charge in [-0.1, -0.05) is 327 Å². The van der Waals surface area contributed by atoms with Crippen molar-refractivity contribution >= 4 is 11.9 Å². The van der Waals surface area contributed by atoms with Crippen LogP contribution in [0.4, 0.5) is 0 Å². The van der Waals surface area contributed by atoms with Gasteiger partial charge in [0, 0.05) is 12.8 Å². The van der Waals surface area contributed by atoms with Gasteiger partial charge in [0.2, 0.25) is 5.91 Å². The summed E-state index contributed by atoms with van der Waals surface area (Å²) in [6.07, 6.45) is 79.6. The number of esters is 1. The Morgan fingerprint density at radius 3 is 0.986 bits per heavy atom. The first kappa shape index (κ1) is 72.3. The van der Waals surface area contributed by atoms with Crippen LogP contribution in [0.15, 0.2) is 24.3 Å². The molecule has 0 spiro atoms. The fraction of sp³-hybridized carbons (Fsp3) is 0.912. The van der Waals surface area contributed by atoms with E-state index in [1.165, 1.54) is 302 Å². The number of allylic oxidation sites excluding steroid dienone is 3. The van der Waals surface area contributed by atoms with E-state index in [0.717, 1.165) is 44.9 Å². The normalized spacial score (nSPS) is 12.6. The molecule has 2 atom stereocenters. The van der Waals surface area contributed by atoms with Crippen LogP contribution in [0.2, 0.25) is 0 Å². The van der Waals surface area contributed by atoms with E-state index in [4.69, 9.17) is 4.74 Å². The Morgan fingerprint density at radius 2 is 0.635 bits per heavy atom. The number of rotatable bonds is 63. The highest BCUT2D eigenvalue weighted by Gasteiger charge is 2.18. The summed E-state index contributed by atoms with van der Waals surface area (Å²) < 4.78 is 5.47. The summed E-state index contributed by atoms with van der Waals surface area (Å²) in [5.74, 6) is -0.0525. The number of hydrogen-bond donors (Lipinski definition) is 3. The van der Waals surface area contributed by atoms with E-state index in [2.05, 4.69) is 31.3 Å². The zero-order valence-corrected chi connectivity index (χ0v) is 50.1. The van der Waals surface area contributed by atoms with Crippen LogP contribution in [0.1, 0.15) is 373 Å². The molecule has 0 radical (unpaired) electrons. The van der Waals surface area contributed by atoms with Gasteiger partial charge in [0.15, 0.2) is 0 Å². The monoisotopic (exact) mass is 1040 g/mol. The quantitative estimate of drug-likeness (QED) is 0.0320. The maximum absolute atomic E-state index is 12.5. The third kappa shape index (κ3) is 59.6. The molecule has 2 unspecified atom stereocenters. The second kappa shape index (κ2) is 63.9. The molecule has 3 N–H and O–H groups in total. The lowest BCUT2D eigenvalue weighted by molar-refractivity contribution is -0.143. The van der Waals surface area contributed by atoms with Crippen molar-refractivity contribution in [3.8, 4) is 0 Å².